The van der Waals surface area contributed by atoms with Gasteiger partial charge in [0.2, 0.25) is 0 Å². The maximum atomic E-state index is 12.7. The molecule has 0 aliphatic carbocycles. The molecule has 0 unspecified atom stereocenters. The summed E-state index contributed by atoms with van der Waals surface area (Å²) in [5.74, 6) is 2.16. The van der Waals surface area contributed by atoms with Crippen molar-refractivity contribution in [3.05, 3.63) is 82.2 Å². The molecule has 1 heterocycles. The van der Waals surface area contributed by atoms with Crippen LogP contribution in [-0.4, -0.2) is 26.3 Å². The second-order valence-corrected chi connectivity index (χ2v) is 8.06. The van der Waals surface area contributed by atoms with E-state index in [0.29, 0.717) is 27.1 Å². The molecule has 0 spiro atoms. The molecular formula is C24H19ClN2O4S. The minimum absolute atomic E-state index is 0.363. The number of amides is 1. The van der Waals surface area contributed by atoms with Gasteiger partial charge in [0.15, 0.2) is 11.5 Å². The van der Waals surface area contributed by atoms with Crippen LogP contribution in [0.15, 0.2) is 71.8 Å². The first kappa shape index (κ1) is 21.7. The lowest BCUT2D eigenvalue weighted by molar-refractivity contribution is 0.0959. The number of rotatable bonds is 7. The Bertz CT molecular complexity index is 1290. The lowest BCUT2D eigenvalue weighted by Crippen LogP contribution is -2.16. The van der Waals surface area contributed by atoms with Crippen molar-refractivity contribution in [1.29, 1.82) is 0 Å². The second kappa shape index (κ2) is 9.72. The number of hydrazone groups is 1. The van der Waals surface area contributed by atoms with Crippen LogP contribution in [0, 0.1) is 0 Å². The summed E-state index contributed by atoms with van der Waals surface area (Å²) in [7, 11) is 3.12. The molecule has 1 aromatic heterocycles. The maximum absolute atomic E-state index is 12.7. The summed E-state index contributed by atoms with van der Waals surface area (Å²) in [5, 5.41) is 5.15. The largest absolute Gasteiger partial charge is 0.493 e. The predicted molar refractivity (Wildman–Crippen MR) is 128 cm³/mol. The van der Waals surface area contributed by atoms with E-state index >= 15 is 0 Å². The van der Waals surface area contributed by atoms with Crippen LogP contribution in [0.3, 0.4) is 0 Å². The number of carbonyl (C=O) groups excluding carboxylic acids is 1. The van der Waals surface area contributed by atoms with E-state index in [2.05, 4.69) is 10.5 Å². The van der Waals surface area contributed by atoms with Gasteiger partial charge in [0.05, 0.1) is 25.5 Å². The number of halogens is 1. The van der Waals surface area contributed by atoms with Crippen molar-refractivity contribution >= 4 is 45.1 Å². The van der Waals surface area contributed by atoms with Crippen LogP contribution in [0.1, 0.15) is 15.2 Å². The van der Waals surface area contributed by atoms with Gasteiger partial charge in [-0.05, 0) is 54.1 Å². The Labute approximate surface area is 194 Å². The Morgan fingerprint density at radius 2 is 1.75 bits per heavy atom. The van der Waals surface area contributed by atoms with Gasteiger partial charge in [-0.2, -0.15) is 5.10 Å². The molecule has 1 amide bonds. The Morgan fingerprint density at radius 1 is 0.969 bits per heavy atom. The molecule has 4 aromatic rings. The first-order chi connectivity index (χ1) is 15.6. The number of para-hydroxylation sites is 1. The topological polar surface area (TPSA) is 69.2 Å². The smallest absolute Gasteiger partial charge is 0.283 e. The Kier molecular flexibility index (Phi) is 6.58. The summed E-state index contributed by atoms with van der Waals surface area (Å²) in [6.07, 6.45) is 1.52. The molecule has 0 radical (unpaired) electrons. The van der Waals surface area contributed by atoms with Crippen molar-refractivity contribution in [3.8, 4) is 23.0 Å². The summed E-state index contributed by atoms with van der Waals surface area (Å²) in [6, 6.07) is 20.3. The molecule has 0 aliphatic rings. The Hall–Kier alpha value is -3.55. The lowest BCUT2D eigenvalue weighted by atomic mass is 10.2. The van der Waals surface area contributed by atoms with Crippen molar-refractivity contribution < 1.29 is 19.0 Å². The molecular weight excluding hydrogens is 448 g/mol. The van der Waals surface area contributed by atoms with E-state index < -0.39 is 5.91 Å². The molecule has 0 atom stereocenters. The molecule has 0 bridgehead atoms. The molecule has 0 fully saturated rings. The van der Waals surface area contributed by atoms with Gasteiger partial charge < -0.3 is 14.2 Å². The van der Waals surface area contributed by atoms with Gasteiger partial charge in [0, 0.05) is 10.1 Å². The van der Waals surface area contributed by atoms with E-state index in [4.69, 9.17) is 25.8 Å². The summed E-state index contributed by atoms with van der Waals surface area (Å²) < 4.78 is 17.2. The van der Waals surface area contributed by atoms with E-state index in [1.54, 1.807) is 32.4 Å². The van der Waals surface area contributed by atoms with Crippen LogP contribution in [0.4, 0.5) is 0 Å². The van der Waals surface area contributed by atoms with Crippen LogP contribution in [0.5, 0.6) is 23.0 Å². The molecule has 8 heteroatoms. The van der Waals surface area contributed by atoms with Gasteiger partial charge in [0.1, 0.15) is 16.4 Å². The molecule has 32 heavy (non-hydrogen) atoms. The predicted octanol–water partition coefficient (Wildman–Crippen LogP) is 6.13. The first-order valence-corrected chi connectivity index (χ1v) is 10.8. The van der Waals surface area contributed by atoms with Gasteiger partial charge in [-0.3, -0.25) is 4.79 Å². The minimum Gasteiger partial charge on any atom is -0.493 e. The fraction of sp³-hybridized carbons (Fsp3) is 0.0833. The number of carbonyl (C=O) groups is 1. The van der Waals surface area contributed by atoms with Gasteiger partial charge in [-0.25, -0.2) is 5.43 Å². The van der Waals surface area contributed by atoms with Crippen LogP contribution < -0.4 is 19.6 Å². The van der Waals surface area contributed by atoms with Crippen LogP contribution in [0.2, 0.25) is 5.02 Å². The monoisotopic (exact) mass is 466 g/mol. The molecule has 4 rings (SSSR count). The zero-order valence-electron chi connectivity index (χ0n) is 17.3. The van der Waals surface area contributed by atoms with Crippen molar-refractivity contribution in [2.45, 2.75) is 0 Å². The van der Waals surface area contributed by atoms with E-state index in [1.807, 2.05) is 48.5 Å². The van der Waals surface area contributed by atoms with Crippen molar-refractivity contribution in [2.24, 2.45) is 5.10 Å². The third-order valence-electron chi connectivity index (χ3n) is 4.57. The third kappa shape index (κ3) is 4.69. The van der Waals surface area contributed by atoms with E-state index in [1.165, 1.54) is 17.6 Å². The fourth-order valence-corrected chi connectivity index (χ4v) is 4.41. The molecule has 0 saturated heterocycles. The molecule has 6 nitrogen and oxygen atoms in total. The van der Waals surface area contributed by atoms with Gasteiger partial charge in [-0.1, -0.05) is 29.8 Å². The van der Waals surface area contributed by atoms with E-state index in [-0.39, 0.29) is 0 Å². The number of benzene rings is 3. The molecule has 0 aliphatic heterocycles. The summed E-state index contributed by atoms with van der Waals surface area (Å²) in [5.41, 5.74) is 3.27. The average molecular weight is 467 g/mol. The maximum Gasteiger partial charge on any atom is 0.283 e. The number of hydrogen-bond donors (Lipinski definition) is 1. The number of ether oxygens (including phenoxy) is 3. The van der Waals surface area contributed by atoms with Crippen LogP contribution >= 0.6 is 22.9 Å². The molecule has 3 aromatic carbocycles. The zero-order chi connectivity index (χ0) is 22.5. The summed E-state index contributed by atoms with van der Waals surface area (Å²) in [4.78, 5) is 13.0. The van der Waals surface area contributed by atoms with Gasteiger partial charge in [-0.15, -0.1) is 11.3 Å². The number of nitrogens with one attached hydrogen (secondary N) is 1. The molecule has 162 valence electrons. The number of methoxy groups -OCH3 is 2. The Balaban J connectivity index is 1.50. The number of thiophene rings is 1. The van der Waals surface area contributed by atoms with Crippen molar-refractivity contribution in [1.82, 2.24) is 5.43 Å². The quantitative estimate of drug-likeness (QED) is 0.263. The average Bonchev–Trinajstić information content (AvgIpc) is 3.15. The fourth-order valence-electron chi connectivity index (χ4n) is 3.03. The van der Waals surface area contributed by atoms with Crippen molar-refractivity contribution in [2.75, 3.05) is 14.2 Å². The van der Waals surface area contributed by atoms with Crippen LogP contribution in [0.25, 0.3) is 10.1 Å². The number of hydrogen-bond acceptors (Lipinski definition) is 6. The highest BCUT2D eigenvalue weighted by atomic mass is 35.5. The van der Waals surface area contributed by atoms with Crippen molar-refractivity contribution in [3.63, 3.8) is 0 Å². The van der Waals surface area contributed by atoms with Gasteiger partial charge >= 0.3 is 0 Å². The zero-order valence-corrected chi connectivity index (χ0v) is 18.9. The SMILES string of the molecule is COc1ccc(/C=N/NC(=O)c2sc3ccc(Oc4ccccc4)cc3c2Cl)cc1OC. The van der Waals surface area contributed by atoms with Crippen LogP contribution in [-0.2, 0) is 0 Å². The lowest BCUT2D eigenvalue weighted by Gasteiger charge is -2.07. The van der Waals surface area contributed by atoms with E-state index in [0.717, 1.165) is 21.4 Å². The second-order valence-electron chi connectivity index (χ2n) is 6.63. The summed E-state index contributed by atoms with van der Waals surface area (Å²) >= 11 is 7.80. The standard InChI is InChI=1S/C24H19ClN2O4S/c1-29-19-10-8-15(12-20(19)30-2)14-26-27-24(28)23-22(25)18-13-17(9-11-21(18)32-23)31-16-6-4-3-5-7-16/h3-14H,1-2H3,(H,27,28)/b26-14+. The Morgan fingerprint density at radius 3 is 2.50 bits per heavy atom. The minimum atomic E-state index is -0.390. The highest BCUT2D eigenvalue weighted by Gasteiger charge is 2.17. The molecule has 1 N–H and O–H groups in total. The number of nitrogens with zero attached hydrogens (tertiary/aromatic N) is 1. The summed E-state index contributed by atoms with van der Waals surface area (Å²) in [6.45, 7) is 0. The third-order valence-corrected chi connectivity index (χ3v) is 6.25. The van der Waals surface area contributed by atoms with E-state index in [9.17, 15) is 4.79 Å². The first-order valence-electron chi connectivity index (χ1n) is 9.59. The number of fused-ring (bicyclic) bond motifs is 1. The normalized spacial score (nSPS) is 11.0. The highest BCUT2D eigenvalue weighted by Crippen LogP contribution is 2.38. The molecule has 0 saturated carbocycles. The highest BCUT2D eigenvalue weighted by molar-refractivity contribution is 7.21. The van der Waals surface area contributed by atoms with Gasteiger partial charge in [0.25, 0.3) is 5.91 Å².